The van der Waals surface area contributed by atoms with E-state index in [2.05, 4.69) is 107 Å². The molecular formula is C54H40N2O6. The van der Waals surface area contributed by atoms with E-state index in [1.54, 1.807) is 28.4 Å². The van der Waals surface area contributed by atoms with E-state index < -0.39 is 0 Å². The predicted octanol–water partition coefficient (Wildman–Crippen LogP) is 14.8. The SMILES string of the molecule is COc1ccc(N(c2ccccc2)c2cc3oc4cc5c(cc4c3c3ccccc23)oc2cc(N(c3ccccc3)c3ccc(OC)c(OC)c3)c3ccccc3c25)cc1OC. The molecule has 0 bridgehead atoms. The third-order valence-corrected chi connectivity index (χ3v) is 11.8. The number of rotatable bonds is 10. The number of methoxy groups -OCH3 is 4. The quantitative estimate of drug-likeness (QED) is 0.135. The summed E-state index contributed by atoms with van der Waals surface area (Å²) in [7, 11) is 6.61. The zero-order chi connectivity index (χ0) is 41.9. The zero-order valence-electron chi connectivity index (χ0n) is 34.5. The fourth-order valence-corrected chi connectivity index (χ4v) is 9.04. The maximum Gasteiger partial charge on any atom is 0.162 e. The smallest absolute Gasteiger partial charge is 0.162 e. The van der Waals surface area contributed by atoms with Crippen LogP contribution in [0.2, 0.25) is 0 Å². The molecule has 0 saturated carbocycles. The first-order valence-corrected chi connectivity index (χ1v) is 20.4. The van der Waals surface area contributed by atoms with E-state index >= 15 is 0 Å². The lowest BCUT2D eigenvalue weighted by Crippen LogP contribution is -2.10. The molecule has 0 fully saturated rings. The van der Waals surface area contributed by atoms with Crippen molar-refractivity contribution in [1.82, 2.24) is 0 Å². The summed E-state index contributed by atoms with van der Waals surface area (Å²) >= 11 is 0. The molecule has 0 atom stereocenters. The first-order valence-electron chi connectivity index (χ1n) is 20.4. The van der Waals surface area contributed by atoms with Gasteiger partial charge in [0.15, 0.2) is 23.0 Å². The molecule has 0 saturated heterocycles. The first kappa shape index (κ1) is 36.9. The number of hydrogen-bond acceptors (Lipinski definition) is 8. The number of anilines is 6. The minimum absolute atomic E-state index is 0.642. The first-order chi connectivity index (χ1) is 30.6. The van der Waals surface area contributed by atoms with Crippen molar-refractivity contribution in [3.8, 4) is 23.0 Å². The predicted molar refractivity (Wildman–Crippen MR) is 252 cm³/mol. The van der Waals surface area contributed by atoms with Gasteiger partial charge in [0.2, 0.25) is 0 Å². The highest BCUT2D eigenvalue weighted by molar-refractivity contribution is 6.28. The molecule has 2 aromatic heterocycles. The Hall–Kier alpha value is -8.10. The van der Waals surface area contributed by atoms with Crippen LogP contribution in [0, 0.1) is 0 Å². The number of benzene rings is 9. The molecule has 0 aliphatic heterocycles. The van der Waals surface area contributed by atoms with Gasteiger partial charge in [-0.1, -0.05) is 84.9 Å². The van der Waals surface area contributed by atoms with Gasteiger partial charge >= 0.3 is 0 Å². The molecule has 302 valence electrons. The van der Waals surface area contributed by atoms with Crippen LogP contribution in [0.5, 0.6) is 23.0 Å². The van der Waals surface area contributed by atoms with E-state index in [1.807, 2.05) is 72.8 Å². The number of nitrogens with zero attached hydrogens (tertiary/aromatic N) is 2. The Kier molecular flexibility index (Phi) is 8.86. The Balaban J connectivity index is 1.14. The van der Waals surface area contributed by atoms with E-state index in [0.717, 1.165) is 99.5 Å². The highest BCUT2D eigenvalue weighted by Gasteiger charge is 2.25. The van der Waals surface area contributed by atoms with Gasteiger partial charge in [0.05, 0.1) is 51.2 Å². The Labute approximate surface area is 357 Å². The second-order valence-corrected chi connectivity index (χ2v) is 15.1. The molecule has 0 radical (unpaired) electrons. The molecule has 0 amide bonds. The molecule has 2 heterocycles. The summed E-state index contributed by atoms with van der Waals surface area (Å²) in [4.78, 5) is 4.47. The van der Waals surface area contributed by atoms with Gasteiger partial charge in [-0.15, -0.1) is 0 Å². The fraction of sp³-hybridized carbons (Fsp3) is 0.0741. The molecule has 0 N–H and O–H groups in total. The second-order valence-electron chi connectivity index (χ2n) is 15.1. The minimum atomic E-state index is 0.642. The van der Waals surface area contributed by atoms with Crippen LogP contribution in [-0.4, -0.2) is 28.4 Å². The van der Waals surface area contributed by atoms with Crippen LogP contribution in [0.4, 0.5) is 34.1 Å². The molecule has 0 aliphatic carbocycles. The fourth-order valence-electron chi connectivity index (χ4n) is 9.04. The average molecular weight is 813 g/mol. The number of ether oxygens (including phenoxy) is 4. The van der Waals surface area contributed by atoms with E-state index in [-0.39, 0.29) is 0 Å². The van der Waals surface area contributed by atoms with E-state index in [1.165, 1.54) is 0 Å². The van der Waals surface area contributed by atoms with Crippen LogP contribution in [0.3, 0.4) is 0 Å². The number of furan rings is 2. The van der Waals surface area contributed by atoms with Crippen LogP contribution in [0.15, 0.2) is 179 Å². The van der Waals surface area contributed by atoms with Crippen LogP contribution in [0.1, 0.15) is 0 Å². The summed E-state index contributed by atoms with van der Waals surface area (Å²) in [5, 5.41) is 8.27. The van der Waals surface area contributed by atoms with Gasteiger partial charge < -0.3 is 37.6 Å². The van der Waals surface area contributed by atoms with Gasteiger partial charge in [0, 0.05) is 68.0 Å². The summed E-state index contributed by atoms with van der Waals surface area (Å²) in [5.41, 5.74) is 8.86. The Morgan fingerprint density at radius 3 is 1.06 bits per heavy atom. The lowest BCUT2D eigenvalue weighted by atomic mass is 9.98. The van der Waals surface area contributed by atoms with E-state index in [0.29, 0.717) is 23.0 Å². The third-order valence-electron chi connectivity index (χ3n) is 11.8. The molecule has 8 nitrogen and oxygen atoms in total. The summed E-state index contributed by atoms with van der Waals surface area (Å²) in [6.45, 7) is 0. The molecule has 11 aromatic rings. The molecule has 9 aromatic carbocycles. The van der Waals surface area contributed by atoms with Gasteiger partial charge in [-0.2, -0.15) is 0 Å². The second kappa shape index (κ2) is 14.9. The van der Waals surface area contributed by atoms with Crippen molar-refractivity contribution < 1.29 is 27.8 Å². The summed E-state index contributed by atoms with van der Waals surface area (Å²) in [6, 6.07) is 58.2. The zero-order valence-corrected chi connectivity index (χ0v) is 34.5. The number of hydrogen-bond donors (Lipinski definition) is 0. The average Bonchev–Trinajstić information content (AvgIpc) is 3.88. The van der Waals surface area contributed by atoms with Gasteiger partial charge in [-0.05, 0) is 71.4 Å². The van der Waals surface area contributed by atoms with Crippen molar-refractivity contribution in [2.75, 3.05) is 38.2 Å². The lowest BCUT2D eigenvalue weighted by molar-refractivity contribution is 0.355. The molecular weight excluding hydrogens is 773 g/mol. The van der Waals surface area contributed by atoms with Crippen LogP contribution < -0.4 is 28.7 Å². The maximum atomic E-state index is 6.92. The molecule has 11 rings (SSSR count). The summed E-state index contributed by atoms with van der Waals surface area (Å²) in [5.74, 6) is 2.61. The van der Waals surface area contributed by atoms with Gasteiger partial charge in [0.25, 0.3) is 0 Å². The molecule has 0 aliphatic rings. The van der Waals surface area contributed by atoms with E-state index in [4.69, 9.17) is 27.8 Å². The highest BCUT2D eigenvalue weighted by atomic mass is 16.5. The van der Waals surface area contributed by atoms with Gasteiger partial charge in [0.1, 0.15) is 22.3 Å². The minimum Gasteiger partial charge on any atom is -0.493 e. The van der Waals surface area contributed by atoms with Crippen molar-refractivity contribution in [1.29, 1.82) is 0 Å². The number of para-hydroxylation sites is 2. The Morgan fingerprint density at radius 1 is 0.306 bits per heavy atom. The monoisotopic (exact) mass is 812 g/mol. The summed E-state index contributed by atoms with van der Waals surface area (Å²) in [6.07, 6.45) is 0. The van der Waals surface area contributed by atoms with Gasteiger partial charge in [-0.3, -0.25) is 0 Å². The van der Waals surface area contributed by atoms with Crippen LogP contribution in [0.25, 0.3) is 65.4 Å². The van der Waals surface area contributed by atoms with Crippen molar-refractivity contribution in [2.45, 2.75) is 0 Å². The van der Waals surface area contributed by atoms with Crippen molar-refractivity contribution in [3.63, 3.8) is 0 Å². The largest absolute Gasteiger partial charge is 0.493 e. The van der Waals surface area contributed by atoms with Crippen LogP contribution in [-0.2, 0) is 0 Å². The Bertz CT molecular complexity index is 3250. The standard InChI is InChI=1S/C54H40N2O6/c1-57-45-25-23-35(27-49(45)59-3)55(33-15-7-5-8-16-33)43-31-51-53(39-21-13-11-19-37(39)43)41-29-48-42(30-47(41)61-51)54-40-22-14-12-20-38(40)44(32-52(54)62-48)56(34-17-9-6-10-18-34)36-24-26-46(58-2)50(28-36)60-4/h5-32H,1-4H3. The number of fused-ring (bicyclic) bond motifs is 10. The van der Waals surface area contributed by atoms with Gasteiger partial charge in [-0.25, -0.2) is 0 Å². The molecule has 0 unspecified atom stereocenters. The normalized spacial score (nSPS) is 11.5. The van der Waals surface area contributed by atoms with Crippen molar-refractivity contribution in [2.24, 2.45) is 0 Å². The van der Waals surface area contributed by atoms with Crippen molar-refractivity contribution >= 4 is 99.5 Å². The Morgan fingerprint density at radius 2 is 0.677 bits per heavy atom. The maximum absolute atomic E-state index is 6.92. The van der Waals surface area contributed by atoms with Crippen LogP contribution >= 0.6 is 0 Å². The molecule has 62 heavy (non-hydrogen) atoms. The van der Waals surface area contributed by atoms with Crippen molar-refractivity contribution in [3.05, 3.63) is 170 Å². The summed E-state index contributed by atoms with van der Waals surface area (Å²) < 4.78 is 36.6. The highest BCUT2D eigenvalue weighted by Crippen LogP contribution is 2.49. The molecule has 8 heteroatoms. The third kappa shape index (κ3) is 5.83. The lowest BCUT2D eigenvalue weighted by Gasteiger charge is -2.27. The topological polar surface area (TPSA) is 69.7 Å². The molecule has 0 spiro atoms. The van der Waals surface area contributed by atoms with E-state index in [9.17, 15) is 0 Å².